The van der Waals surface area contributed by atoms with Gasteiger partial charge in [-0.1, -0.05) is 52.4 Å². The van der Waals surface area contributed by atoms with Gasteiger partial charge in [-0.15, -0.1) is 0 Å². The third-order valence-electron chi connectivity index (χ3n) is 4.13. The SMILES string of the molecule is CCCCC(CC)CNCC1CCCCC1. The molecule has 0 aliphatic heterocycles. The number of nitrogens with one attached hydrogen (secondary N) is 1. The summed E-state index contributed by atoms with van der Waals surface area (Å²) < 4.78 is 0. The molecule has 0 radical (unpaired) electrons. The zero-order valence-electron chi connectivity index (χ0n) is 11.4. The molecular formula is C15H31N. The molecule has 1 N–H and O–H groups in total. The van der Waals surface area contributed by atoms with Crippen LogP contribution in [-0.4, -0.2) is 13.1 Å². The summed E-state index contributed by atoms with van der Waals surface area (Å²) in [7, 11) is 0. The monoisotopic (exact) mass is 225 g/mol. The molecule has 1 unspecified atom stereocenters. The minimum atomic E-state index is 0.920. The molecular weight excluding hydrogens is 194 g/mol. The molecule has 1 fully saturated rings. The summed E-state index contributed by atoms with van der Waals surface area (Å²) in [5.74, 6) is 1.90. The highest BCUT2D eigenvalue weighted by Crippen LogP contribution is 2.22. The summed E-state index contributed by atoms with van der Waals surface area (Å²) in [6.07, 6.45) is 12.9. The fourth-order valence-electron chi connectivity index (χ4n) is 2.83. The topological polar surface area (TPSA) is 12.0 Å². The third kappa shape index (κ3) is 5.89. The maximum absolute atomic E-state index is 3.72. The maximum atomic E-state index is 3.72. The van der Waals surface area contributed by atoms with E-state index in [1.54, 1.807) is 0 Å². The van der Waals surface area contributed by atoms with Crippen molar-refractivity contribution in [2.24, 2.45) is 11.8 Å². The Labute approximate surface area is 102 Å². The molecule has 16 heavy (non-hydrogen) atoms. The van der Waals surface area contributed by atoms with E-state index in [1.165, 1.54) is 70.9 Å². The Hall–Kier alpha value is -0.0400. The predicted octanol–water partition coefficient (Wildman–Crippen LogP) is 4.37. The molecule has 0 aromatic rings. The quantitative estimate of drug-likeness (QED) is 0.646. The predicted molar refractivity (Wildman–Crippen MR) is 72.8 cm³/mol. The lowest BCUT2D eigenvalue weighted by molar-refractivity contribution is 0.325. The molecule has 0 saturated heterocycles. The normalized spacial score (nSPS) is 19.9. The Balaban J connectivity index is 2.02. The molecule has 0 aromatic carbocycles. The highest BCUT2D eigenvalue weighted by molar-refractivity contribution is 4.69. The molecule has 1 heteroatoms. The second-order valence-corrected chi connectivity index (χ2v) is 5.58. The Morgan fingerprint density at radius 1 is 1.12 bits per heavy atom. The maximum Gasteiger partial charge on any atom is -0.00204 e. The Bertz CT molecular complexity index is 150. The van der Waals surface area contributed by atoms with E-state index in [4.69, 9.17) is 0 Å². The van der Waals surface area contributed by atoms with E-state index >= 15 is 0 Å². The van der Waals surface area contributed by atoms with Crippen LogP contribution in [-0.2, 0) is 0 Å². The summed E-state index contributed by atoms with van der Waals surface area (Å²) in [6.45, 7) is 7.17. The van der Waals surface area contributed by atoms with Crippen molar-refractivity contribution in [2.45, 2.75) is 71.6 Å². The largest absolute Gasteiger partial charge is 0.316 e. The van der Waals surface area contributed by atoms with E-state index in [9.17, 15) is 0 Å². The molecule has 0 aromatic heterocycles. The number of hydrogen-bond donors (Lipinski definition) is 1. The molecule has 1 saturated carbocycles. The van der Waals surface area contributed by atoms with E-state index in [0.29, 0.717) is 0 Å². The molecule has 1 atom stereocenters. The van der Waals surface area contributed by atoms with Crippen molar-refractivity contribution in [1.82, 2.24) is 5.32 Å². The van der Waals surface area contributed by atoms with Crippen LogP contribution < -0.4 is 5.32 Å². The van der Waals surface area contributed by atoms with Crippen molar-refractivity contribution in [3.63, 3.8) is 0 Å². The van der Waals surface area contributed by atoms with Crippen LogP contribution in [0.5, 0.6) is 0 Å². The first-order valence-corrected chi connectivity index (χ1v) is 7.57. The van der Waals surface area contributed by atoms with Gasteiger partial charge in [0, 0.05) is 0 Å². The average molecular weight is 225 g/mol. The van der Waals surface area contributed by atoms with Gasteiger partial charge >= 0.3 is 0 Å². The van der Waals surface area contributed by atoms with Gasteiger partial charge < -0.3 is 5.32 Å². The molecule has 96 valence electrons. The lowest BCUT2D eigenvalue weighted by Gasteiger charge is -2.23. The molecule has 0 spiro atoms. The number of rotatable bonds is 8. The van der Waals surface area contributed by atoms with Crippen LogP contribution in [0.2, 0.25) is 0 Å². The van der Waals surface area contributed by atoms with E-state index in [-0.39, 0.29) is 0 Å². The second-order valence-electron chi connectivity index (χ2n) is 5.58. The summed E-state index contributed by atoms with van der Waals surface area (Å²) in [6, 6.07) is 0. The molecule has 0 amide bonds. The fraction of sp³-hybridized carbons (Fsp3) is 1.00. The number of unbranched alkanes of at least 4 members (excludes halogenated alkanes) is 1. The molecule has 1 aliphatic rings. The van der Waals surface area contributed by atoms with E-state index in [1.807, 2.05) is 0 Å². The van der Waals surface area contributed by atoms with Crippen LogP contribution >= 0.6 is 0 Å². The van der Waals surface area contributed by atoms with Crippen LogP contribution in [0.3, 0.4) is 0 Å². The van der Waals surface area contributed by atoms with Gasteiger partial charge in [-0.2, -0.15) is 0 Å². The van der Waals surface area contributed by atoms with Gasteiger partial charge in [0.15, 0.2) is 0 Å². The zero-order chi connectivity index (χ0) is 11.6. The smallest absolute Gasteiger partial charge is 0.00204 e. The van der Waals surface area contributed by atoms with Crippen LogP contribution in [0.15, 0.2) is 0 Å². The zero-order valence-corrected chi connectivity index (χ0v) is 11.4. The van der Waals surface area contributed by atoms with Gasteiger partial charge in [-0.05, 0) is 44.2 Å². The van der Waals surface area contributed by atoms with Crippen LogP contribution in [0.25, 0.3) is 0 Å². The average Bonchev–Trinajstić information content (AvgIpc) is 2.35. The Morgan fingerprint density at radius 3 is 2.50 bits per heavy atom. The molecule has 1 aliphatic carbocycles. The fourth-order valence-corrected chi connectivity index (χ4v) is 2.83. The second kappa shape index (κ2) is 9.04. The lowest BCUT2D eigenvalue weighted by Crippen LogP contribution is -2.29. The Morgan fingerprint density at radius 2 is 1.88 bits per heavy atom. The molecule has 0 bridgehead atoms. The molecule has 1 nitrogen and oxygen atoms in total. The third-order valence-corrected chi connectivity index (χ3v) is 4.13. The van der Waals surface area contributed by atoms with E-state index in [0.717, 1.165) is 11.8 Å². The summed E-state index contributed by atoms with van der Waals surface area (Å²) in [4.78, 5) is 0. The van der Waals surface area contributed by atoms with Crippen molar-refractivity contribution < 1.29 is 0 Å². The van der Waals surface area contributed by atoms with Crippen molar-refractivity contribution in [1.29, 1.82) is 0 Å². The molecule has 1 rings (SSSR count). The van der Waals surface area contributed by atoms with E-state index in [2.05, 4.69) is 19.2 Å². The van der Waals surface area contributed by atoms with Crippen molar-refractivity contribution >= 4 is 0 Å². The first kappa shape index (κ1) is 14.0. The van der Waals surface area contributed by atoms with Crippen molar-refractivity contribution in [3.8, 4) is 0 Å². The van der Waals surface area contributed by atoms with Gasteiger partial charge in [0.05, 0.1) is 0 Å². The first-order chi connectivity index (χ1) is 7.86. The highest BCUT2D eigenvalue weighted by Gasteiger charge is 2.13. The van der Waals surface area contributed by atoms with E-state index < -0.39 is 0 Å². The standard InChI is InChI=1S/C15H31N/c1-3-5-9-14(4-2)12-16-13-15-10-7-6-8-11-15/h14-16H,3-13H2,1-2H3. The molecule has 0 heterocycles. The van der Waals surface area contributed by atoms with Crippen LogP contribution in [0, 0.1) is 11.8 Å². The summed E-state index contributed by atoms with van der Waals surface area (Å²) >= 11 is 0. The summed E-state index contributed by atoms with van der Waals surface area (Å²) in [5, 5.41) is 3.72. The minimum Gasteiger partial charge on any atom is -0.316 e. The highest BCUT2D eigenvalue weighted by atomic mass is 14.9. The van der Waals surface area contributed by atoms with Gasteiger partial charge in [0.1, 0.15) is 0 Å². The minimum absolute atomic E-state index is 0.920. The van der Waals surface area contributed by atoms with Crippen LogP contribution in [0.1, 0.15) is 71.6 Å². The van der Waals surface area contributed by atoms with Crippen molar-refractivity contribution in [3.05, 3.63) is 0 Å². The van der Waals surface area contributed by atoms with Gasteiger partial charge in [0.2, 0.25) is 0 Å². The lowest BCUT2D eigenvalue weighted by atomic mass is 9.89. The first-order valence-electron chi connectivity index (χ1n) is 7.57. The summed E-state index contributed by atoms with van der Waals surface area (Å²) in [5.41, 5.74) is 0. The van der Waals surface area contributed by atoms with Gasteiger partial charge in [-0.25, -0.2) is 0 Å². The van der Waals surface area contributed by atoms with Crippen LogP contribution in [0.4, 0.5) is 0 Å². The van der Waals surface area contributed by atoms with Gasteiger partial charge in [-0.3, -0.25) is 0 Å². The van der Waals surface area contributed by atoms with Gasteiger partial charge in [0.25, 0.3) is 0 Å². The number of hydrogen-bond acceptors (Lipinski definition) is 1. The van der Waals surface area contributed by atoms with Crippen molar-refractivity contribution in [2.75, 3.05) is 13.1 Å². The Kier molecular flexibility index (Phi) is 7.92.